The van der Waals surface area contributed by atoms with Crippen molar-refractivity contribution >= 4 is 0 Å². The van der Waals surface area contributed by atoms with E-state index in [1.54, 1.807) is 6.42 Å². The predicted octanol–water partition coefficient (Wildman–Crippen LogP) is 2.39. The van der Waals surface area contributed by atoms with Crippen molar-refractivity contribution in [2.45, 2.75) is 42.2 Å². The molecule has 0 radical (unpaired) electrons. The van der Waals surface area contributed by atoms with E-state index in [0.717, 1.165) is 17.9 Å². The van der Waals surface area contributed by atoms with Crippen LogP contribution in [0.25, 0.3) is 0 Å². The van der Waals surface area contributed by atoms with Gasteiger partial charge in [-0.15, -0.1) is 0 Å². The first-order chi connectivity index (χ1) is 5.25. The average Bonchev–Trinajstić information content (AvgIpc) is 2.45. The van der Waals surface area contributed by atoms with Gasteiger partial charge in [0.25, 0.3) is 0 Å². The second-order valence-electron chi connectivity index (χ2n) is 4.43. The second kappa shape index (κ2) is 3.20. The van der Waals surface area contributed by atoms with Crippen molar-refractivity contribution < 1.29 is 18.1 Å². The molecule has 2 bridgehead atoms. The fourth-order valence-electron chi connectivity index (χ4n) is 2.79. The monoisotopic (exact) mass is 188 g/mol. The molecule has 0 aliphatic heterocycles. The normalized spacial score (nSPS) is 41.5. The van der Waals surface area contributed by atoms with Crippen LogP contribution in [-0.2, 0) is 18.1 Å². The molecule has 2 aliphatic carbocycles. The molecule has 0 aromatic carbocycles. The summed E-state index contributed by atoms with van der Waals surface area (Å²) in [5.41, 5.74) is 0. The molecule has 2 fully saturated rings. The molecule has 0 aromatic rings. The van der Waals surface area contributed by atoms with E-state index in [0.29, 0.717) is 0 Å². The summed E-state index contributed by atoms with van der Waals surface area (Å²) in [6.45, 7) is 0. The van der Waals surface area contributed by atoms with E-state index in [-0.39, 0.29) is 0 Å². The molecule has 0 saturated heterocycles. The summed E-state index contributed by atoms with van der Waals surface area (Å²) in [7, 11) is 0. The van der Waals surface area contributed by atoms with E-state index in [9.17, 15) is 0 Å². The molecule has 0 aromatic heterocycles. The standard InChI is InChI=1S/C7H12N.2CH3.Ti/c8-7-4-5-1-2-6(7)3-5;;;/h5-8H,1-4H2;2*1H3;/q-1;;;+1. The molecule has 3 atom stereocenters. The summed E-state index contributed by atoms with van der Waals surface area (Å²) in [5.74, 6) is 2.18. The molecule has 2 aliphatic rings. The van der Waals surface area contributed by atoms with Gasteiger partial charge in [0.1, 0.15) is 0 Å². The van der Waals surface area contributed by atoms with Crippen LogP contribution in [0.5, 0.6) is 0 Å². The first kappa shape index (κ1) is 8.28. The summed E-state index contributed by atoms with van der Waals surface area (Å²) in [4.78, 5) is 0. The molecular formula is C9H18NTi. The van der Waals surface area contributed by atoms with Crippen LogP contribution in [0.15, 0.2) is 0 Å². The van der Waals surface area contributed by atoms with Crippen LogP contribution in [0.3, 0.4) is 0 Å². The molecule has 2 rings (SSSR count). The molecule has 3 unspecified atom stereocenters. The van der Waals surface area contributed by atoms with E-state index in [4.69, 9.17) is 0 Å². The van der Waals surface area contributed by atoms with Crippen molar-refractivity contribution in [3.8, 4) is 0 Å². The Kier molecular flexibility index (Phi) is 2.41. The average molecular weight is 188 g/mol. The molecule has 1 nitrogen and oxygen atoms in total. The van der Waals surface area contributed by atoms with Crippen molar-refractivity contribution in [1.82, 2.24) is 3.80 Å². The SMILES string of the molecule is [CH3][Ti]([CH3])[NH]C1CC2CCC1C2. The number of hydrogen-bond acceptors (Lipinski definition) is 1. The van der Waals surface area contributed by atoms with Crippen molar-refractivity contribution in [3.63, 3.8) is 0 Å². The summed E-state index contributed by atoms with van der Waals surface area (Å²) in [6, 6.07) is 0.943. The molecule has 0 heterocycles. The Bertz CT molecular complexity index is 146. The van der Waals surface area contributed by atoms with Gasteiger partial charge in [-0.2, -0.15) is 0 Å². The van der Waals surface area contributed by atoms with Crippen LogP contribution < -0.4 is 3.80 Å². The molecule has 0 spiro atoms. The maximum atomic E-state index is 3.84. The van der Waals surface area contributed by atoms with Crippen molar-refractivity contribution in [2.24, 2.45) is 11.8 Å². The van der Waals surface area contributed by atoms with Crippen LogP contribution in [-0.4, -0.2) is 6.04 Å². The third-order valence-corrected chi connectivity index (χ3v) is 4.69. The molecule has 2 heteroatoms. The first-order valence-corrected chi connectivity index (χ1v) is 8.73. The Morgan fingerprint density at radius 3 is 2.45 bits per heavy atom. The molecule has 63 valence electrons. The molecule has 1 N–H and O–H groups in total. The quantitative estimate of drug-likeness (QED) is 0.656. The van der Waals surface area contributed by atoms with Gasteiger partial charge in [0.05, 0.1) is 0 Å². The van der Waals surface area contributed by atoms with Gasteiger partial charge < -0.3 is 0 Å². The van der Waals surface area contributed by atoms with Gasteiger partial charge in [-0.1, -0.05) is 0 Å². The summed E-state index contributed by atoms with van der Waals surface area (Å²) in [5, 5.41) is 4.85. The fraction of sp³-hybridized carbons (Fsp3) is 1.00. The zero-order chi connectivity index (χ0) is 7.84. The maximum absolute atomic E-state index is 3.84. The Balaban J connectivity index is 1.87. The van der Waals surface area contributed by atoms with E-state index < -0.39 is 18.1 Å². The van der Waals surface area contributed by atoms with Gasteiger partial charge >= 0.3 is 75.9 Å². The van der Waals surface area contributed by atoms with E-state index >= 15 is 0 Å². The van der Waals surface area contributed by atoms with Crippen LogP contribution in [0.4, 0.5) is 0 Å². The predicted molar refractivity (Wildman–Crippen MR) is 44.1 cm³/mol. The summed E-state index contributed by atoms with van der Waals surface area (Å²) >= 11 is -0.743. The van der Waals surface area contributed by atoms with Gasteiger partial charge in [-0.3, -0.25) is 0 Å². The van der Waals surface area contributed by atoms with Gasteiger partial charge in [0.15, 0.2) is 0 Å². The van der Waals surface area contributed by atoms with Crippen LogP contribution in [0.2, 0.25) is 10.5 Å². The van der Waals surface area contributed by atoms with Crippen molar-refractivity contribution in [3.05, 3.63) is 0 Å². The van der Waals surface area contributed by atoms with E-state index in [2.05, 4.69) is 14.3 Å². The third kappa shape index (κ3) is 1.71. The van der Waals surface area contributed by atoms with Gasteiger partial charge in [-0.25, -0.2) is 0 Å². The number of nitrogens with one attached hydrogen (secondary N) is 1. The van der Waals surface area contributed by atoms with E-state index in [1.165, 1.54) is 19.3 Å². The summed E-state index contributed by atoms with van der Waals surface area (Å²) < 4.78 is 3.84. The fourth-order valence-corrected chi connectivity index (χ4v) is 4.50. The summed E-state index contributed by atoms with van der Waals surface area (Å²) in [6.07, 6.45) is 6.10. The number of fused-ring (bicyclic) bond motifs is 2. The van der Waals surface area contributed by atoms with Gasteiger partial charge in [0, 0.05) is 0 Å². The zero-order valence-electron chi connectivity index (χ0n) is 7.56. The van der Waals surface area contributed by atoms with Gasteiger partial charge in [-0.05, 0) is 0 Å². The number of hydrogen-bond donors (Lipinski definition) is 1. The third-order valence-electron chi connectivity index (χ3n) is 3.21. The number of rotatable bonds is 2. The molecule has 0 amide bonds. The van der Waals surface area contributed by atoms with Gasteiger partial charge in [0.2, 0.25) is 0 Å². The molecule has 11 heavy (non-hydrogen) atoms. The first-order valence-electron chi connectivity index (χ1n) is 4.82. The topological polar surface area (TPSA) is 12.0 Å². The van der Waals surface area contributed by atoms with Crippen LogP contribution in [0, 0.1) is 11.8 Å². The Labute approximate surface area is 76.1 Å². The van der Waals surface area contributed by atoms with E-state index in [1.807, 2.05) is 0 Å². The Morgan fingerprint density at radius 1 is 1.18 bits per heavy atom. The van der Waals surface area contributed by atoms with Crippen LogP contribution in [0.1, 0.15) is 25.7 Å². The minimum absolute atomic E-state index is 0.743. The Morgan fingerprint density at radius 2 is 2.00 bits per heavy atom. The minimum atomic E-state index is -0.743. The zero-order valence-corrected chi connectivity index (χ0v) is 9.12. The molecule has 2 saturated carbocycles. The van der Waals surface area contributed by atoms with Crippen LogP contribution >= 0.6 is 0 Å². The Hall–Kier alpha value is 0.674. The second-order valence-corrected chi connectivity index (χ2v) is 8.00. The van der Waals surface area contributed by atoms with Crippen molar-refractivity contribution in [1.29, 1.82) is 0 Å². The van der Waals surface area contributed by atoms with Crippen molar-refractivity contribution in [2.75, 3.05) is 0 Å². The molecular weight excluding hydrogens is 170 g/mol.